The van der Waals surface area contributed by atoms with Crippen molar-refractivity contribution in [3.63, 3.8) is 0 Å². The van der Waals surface area contributed by atoms with E-state index < -0.39 is 0 Å². The lowest BCUT2D eigenvalue weighted by molar-refractivity contribution is -0.903. The van der Waals surface area contributed by atoms with Crippen LogP contribution >= 0.6 is 23.2 Å². The van der Waals surface area contributed by atoms with Crippen molar-refractivity contribution in [1.82, 2.24) is 5.32 Å². The van der Waals surface area contributed by atoms with E-state index in [0.717, 1.165) is 47.5 Å². The number of carbonyl (C=O) groups is 1. The van der Waals surface area contributed by atoms with Gasteiger partial charge in [0.15, 0.2) is 0 Å². The molecule has 0 atom stereocenters. The van der Waals surface area contributed by atoms with Crippen molar-refractivity contribution in [2.45, 2.75) is 84.1 Å². The van der Waals surface area contributed by atoms with Gasteiger partial charge in [0.1, 0.15) is 6.54 Å². The second-order valence-electron chi connectivity index (χ2n) is 8.84. The van der Waals surface area contributed by atoms with Gasteiger partial charge in [-0.1, -0.05) is 87.6 Å². The molecule has 3 nitrogen and oxygen atoms in total. The number of rotatable bonds is 16. The van der Waals surface area contributed by atoms with Gasteiger partial charge in [-0.3, -0.25) is 4.79 Å². The van der Waals surface area contributed by atoms with Crippen molar-refractivity contribution in [3.8, 4) is 0 Å². The highest BCUT2D eigenvalue weighted by molar-refractivity contribution is 6.35. The van der Waals surface area contributed by atoms with Crippen LogP contribution in [0.2, 0.25) is 10.0 Å². The Labute approximate surface area is 188 Å². The summed E-state index contributed by atoms with van der Waals surface area (Å²) in [6.45, 7) is 4.83. The highest BCUT2D eigenvalue weighted by Gasteiger charge is 2.17. The highest BCUT2D eigenvalue weighted by Crippen LogP contribution is 2.23. The summed E-state index contributed by atoms with van der Waals surface area (Å²) in [5.74, 6) is 0.194. The summed E-state index contributed by atoms with van der Waals surface area (Å²) < 4.78 is 0.829. The molecule has 5 heteroatoms. The number of hydrogen-bond donors (Lipinski definition) is 1. The van der Waals surface area contributed by atoms with Crippen LogP contribution in [0.15, 0.2) is 18.2 Å². The lowest BCUT2D eigenvalue weighted by Crippen LogP contribution is -2.41. The van der Waals surface area contributed by atoms with Crippen LogP contribution in [0.4, 0.5) is 0 Å². The minimum absolute atomic E-state index is 0.194. The van der Waals surface area contributed by atoms with Gasteiger partial charge in [-0.2, -0.15) is 0 Å². The molecule has 1 aromatic carbocycles. The molecule has 0 aliphatic rings. The maximum absolute atomic E-state index is 12.0. The van der Waals surface area contributed by atoms with E-state index in [-0.39, 0.29) is 5.91 Å². The molecule has 0 saturated heterocycles. The number of benzene rings is 1. The quantitative estimate of drug-likeness (QED) is 0.216. The minimum atomic E-state index is 0.194. The largest absolute Gasteiger partial charge is 0.356 e. The second kappa shape index (κ2) is 15.1. The highest BCUT2D eigenvalue weighted by atomic mass is 35.5. The summed E-state index contributed by atoms with van der Waals surface area (Å²) in [7, 11) is 4.38. The third kappa shape index (κ3) is 13.2. The van der Waals surface area contributed by atoms with E-state index in [9.17, 15) is 4.79 Å². The van der Waals surface area contributed by atoms with E-state index in [1.165, 1.54) is 51.4 Å². The predicted molar refractivity (Wildman–Crippen MR) is 127 cm³/mol. The summed E-state index contributed by atoms with van der Waals surface area (Å²) >= 11 is 12.3. The molecule has 0 fully saturated rings. The van der Waals surface area contributed by atoms with Gasteiger partial charge in [-0.15, -0.1) is 0 Å². The lowest BCUT2D eigenvalue weighted by Gasteiger charge is -2.30. The molecule has 0 unspecified atom stereocenters. The summed E-state index contributed by atoms with van der Waals surface area (Å²) in [4.78, 5) is 12.0. The molecule has 0 spiro atoms. The van der Waals surface area contributed by atoms with Gasteiger partial charge in [0.2, 0.25) is 5.91 Å². The zero-order valence-electron chi connectivity index (χ0n) is 18.7. The topological polar surface area (TPSA) is 29.1 Å². The van der Waals surface area contributed by atoms with E-state index in [4.69, 9.17) is 23.2 Å². The molecule has 1 amide bonds. The van der Waals surface area contributed by atoms with E-state index >= 15 is 0 Å². The fourth-order valence-electron chi connectivity index (χ4n) is 3.61. The molecule has 0 aliphatic carbocycles. The van der Waals surface area contributed by atoms with Crippen LogP contribution in [0, 0.1) is 0 Å². The fraction of sp³-hybridized carbons (Fsp3) is 0.708. The number of quaternary nitrogens is 1. The van der Waals surface area contributed by atoms with Gasteiger partial charge in [-0.25, -0.2) is 0 Å². The first-order chi connectivity index (χ1) is 13.8. The van der Waals surface area contributed by atoms with Crippen molar-refractivity contribution >= 4 is 29.1 Å². The third-order valence-electron chi connectivity index (χ3n) is 5.38. The van der Waals surface area contributed by atoms with Crippen molar-refractivity contribution in [2.75, 3.05) is 27.2 Å². The molecule has 29 heavy (non-hydrogen) atoms. The van der Waals surface area contributed by atoms with E-state index in [0.29, 0.717) is 11.4 Å². The number of hydrogen-bond acceptors (Lipinski definition) is 1. The van der Waals surface area contributed by atoms with Crippen LogP contribution in [-0.2, 0) is 11.3 Å². The van der Waals surface area contributed by atoms with Crippen molar-refractivity contribution < 1.29 is 9.28 Å². The monoisotopic (exact) mass is 443 g/mol. The molecule has 1 rings (SSSR count). The molecular weight excluding hydrogens is 403 g/mol. The average Bonchev–Trinajstić information content (AvgIpc) is 2.66. The van der Waals surface area contributed by atoms with Crippen LogP contribution in [0.5, 0.6) is 0 Å². The Balaban J connectivity index is 2.07. The normalized spacial score (nSPS) is 11.6. The van der Waals surface area contributed by atoms with Gasteiger partial charge in [0.05, 0.1) is 25.7 Å². The molecule has 0 saturated carbocycles. The van der Waals surface area contributed by atoms with Crippen LogP contribution in [0.1, 0.15) is 83.1 Å². The molecule has 166 valence electrons. The number of nitrogens with zero attached hydrogens (tertiary/aromatic N) is 1. The van der Waals surface area contributed by atoms with Crippen LogP contribution in [-0.4, -0.2) is 37.6 Å². The number of carbonyl (C=O) groups excluding carboxylic acids is 1. The van der Waals surface area contributed by atoms with Crippen molar-refractivity contribution in [1.29, 1.82) is 0 Å². The van der Waals surface area contributed by atoms with Gasteiger partial charge >= 0.3 is 0 Å². The van der Waals surface area contributed by atoms with Crippen LogP contribution in [0.3, 0.4) is 0 Å². The van der Waals surface area contributed by atoms with Gasteiger partial charge < -0.3 is 9.80 Å². The Morgan fingerprint density at radius 3 is 2.17 bits per heavy atom. The molecule has 0 aliphatic heterocycles. The van der Waals surface area contributed by atoms with Gasteiger partial charge in [0.25, 0.3) is 0 Å². The van der Waals surface area contributed by atoms with Crippen molar-refractivity contribution in [3.05, 3.63) is 33.8 Å². The Hall–Kier alpha value is -0.770. The Kier molecular flexibility index (Phi) is 13.7. The summed E-state index contributed by atoms with van der Waals surface area (Å²) in [6, 6.07) is 5.68. The number of amides is 1. The zero-order valence-corrected chi connectivity index (χ0v) is 20.3. The lowest BCUT2D eigenvalue weighted by atomic mass is 10.1. The van der Waals surface area contributed by atoms with E-state index in [1.54, 1.807) is 6.07 Å². The van der Waals surface area contributed by atoms with Gasteiger partial charge in [0, 0.05) is 30.0 Å². The number of halogens is 2. The molecular formula is C24H41Cl2N2O+. The standard InChI is InChI=1S/C24H40Cl2N2O/c1-4-5-6-7-8-9-10-11-12-14-24(29)27-17-13-18-28(2,3)20-21-15-16-22(25)19-23(21)26/h15-16,19H,4-14,17-18,20H2,1-3H3/p+1. The molecule has 0 heterocycles. The SMILES string of the molecule is CCCCCCCCCCCC(=O)NCCC[N+](C)(C)Cc1ccc(Cl)cc1Cl. The molecule has 0 aromatic heterocycles. The molecule has 0 bridgehead atoms. The minimum Gasteiger partial charge on any atom is -0.356 e. The second-order valence-corrected chi connectivity index (χ2v) is 9.68. The number of nitrogens with one attached hydrogen (secondary N) is 1. The first-order valence-corrected chi connectivity index (χ1v) is 12.1. The molecule has 1 aromatic rings. The molecule has 0 radical (unpaired) electrons. The maximum atomic E-state index is 12.0. The third-order valence-corrected chi connectivity index (χ3v) is 5.97. The van der Waals surface area contributed by atoms with Crippen LogP contribution < -0.4 is 5.32 Å². The van der Waals surface area contributed by atoms with Crippen molar-refractivity contribution in [2.24, 2.45) is 0 Å². The number of unbranched alkanes of at least 4 members (excludes halogenated alkanes) is 8. The van der Waals surface area contributed by atoms with Crippen LogP contribution in [0.25, 0.3) is 0 Å². The Morgan fingerprint density at radius 2 is 1.55 bits per heavy atom. The average molecular weight is 445 g/mol. The van der Waals surface area contributed by atoms with E-state index in [1.807, 2.05) is 12.1 Å². The predicted octanol–water partition coefficient (Wildman–Crippen LogP) is 7.00. The smallest absolute Gasteiger partial charge is 0.219 e. The maximum Gasteiger partial charge on any atom is 0.219 e. The summed E-state index contributed by atoms with van der Waals surface area (Å²) in [5.41, 5.74) is 1.11. The first-order valence-electron chi connectivity index (χ1n) is 11.4. The summed E-state index contributed by atoms with van der Waals surface area (Å²) in [6.07, 6.45) is 13.2. The first kappa shape index (κ1) is 26.3. The summed E-state index contributed by atoms with van der Waals surface area (Å²) in [5, 5.41) is 4.46. The van der Waals surface area contributed by atoms with E-state index in [2.05, 4.69) is 26.3 Å². The van der Waals surface area contributed by atoms with Gasteiger partial charge in [-0.05, 0) is 18.6 Å². The molecule has 1 N–H and O–H groups in total. The Morgan fingerprint density at radius 1 is 0.931 bits per heavy atom. The zero-order chi connectivity index (χ0) is 21.5. The fourth-order valence-corrected chi connectivity index (χ4v) is 4.08. The Bertz CT molecular complexity index is 590.